The van der Waals surface area contributed by atoms with E-state index in [1.807, 2.05) is 24.3 Å². The Hall–Kier alpha value is -2.93. The number of esters is 1. The quantitative estimate of drug-likeness (QED) is 0.401. The molecule has 0 aliphatic heterocycles. The van der Waals surface area contributed by atoms with E-state index in [2.05, 4.69) is 26.6 Å². The number of amides is 2. The Labute approximate surface area is 165 Å². The van der Waals surface area contributed by atoms with E-state index in [0.29, 0.717) is 5.56 Å². The summed E-state index contributed by atoms with van der Waals surface area (Å²) in [6.07, 6.45) is 1.58. The Morgan fingerprint density at radius 3 is 2.33 bits per heavy atom. The third-order valence-electron chi connectivity index (χ3n) is 3.40. The van der Waals surface area contributed by atoms with Crippen LogP contribution in [0.25, 0.3) is 6.08 Å². The number of carbonyl (C=O) groups excluding carboxylic acids is 3. The smallest absolute Gasteiger partial charge is 0.302 e. The fraction of sp³-hybridized carbons (Fsp3) is 0.150. The largest absolute Gasteiger partial charge is 0.464 e. The molecule has 0 unspecified atom stereocenters. The predicted molar refractivity (Wildman–Crippen MR) is 106 cm³/mol. The van der Waals surface area contributed by atoms with Gasteiger partial charge in [-0.2, -0.15) is 0 Å². The van der Waals surface area contributed by atoms with Crippen molar-refractivity contribution in [3.05, 3.63) is 75.9 Å². The average Bonchev–Trinajstić information content (AvgIpc) is 2.66. The van der Waals surface area contributed by atoms with Crippen LogP contribution in [0.5, 0.6) is 0 Å². The van der Waals surface area contributed by atoms with Gasteiger partial charge < -0.3 is 15.4 Å². The number of hydrogen-bond acceptors (Lipinski definition) is 4. The SMILES string of the molecule is CC(=O)OCCNC(=O)/C(=C/c1ccc(Br)cc1)NC(=O)c1ccccc1. The minimum Gasteiger partial charge on any atom is -0.464 e. The summed E-state index contributed by atoms with van der Waals surface area (Å²) in [4.78, 5) is 35.7. The number of hydrogen-bond donors (Lipinski definition) is 2. The summed E-state index contributed by atoms with van der Waals surface area (Å²) >= 11 is 3.35. The predicted octanol–water partition coefficient (Wildman–Crippen LogP) is 2.90. The lowest BCUT2D eigenvalue weighted by Crippen LogP contribution is -2.36. The van der Waals surface area contributed by atoms with Crippen LogP contribution in [0, 0.1) is 0 Å². The molecule has 0 radical (unpaired) electrons. The molecule has 0 atom stereocenters. The normalized spacial score (nSPS) is 10.8. The highest BCUT2D eigenvalue weighted by molar-refractivity contribution is 9.10. The molecule has 0 bridgehead atoms. The summed E-state index contributed by atoms with van der Waals surface area (Å²) in [6, 6.07) is 15.9. The van der Waals surface area contributed by atoms with Crippen molar-refractivity contribution in [3.63, 3.8) is 0 Å². The first kappa shape index (κ1) is 20.4. The monoisotopic (exact) mass is 430 g/mol. The Kier molecular flexibility index (Phi) is 7.76. The van der Waals surface area contributed by atoms with Crippen LogP contribution in [0.4, 0.5) is 0 Å². The van der Waals surface area contributed by atoms with Crippen molar-refractivity contribution in [2.24, 2.45) is 0 Å². The van der Waals surface area contributed by atoms with Gasteiger partial charge in [-0.1, -0.05) is 46.3 Å². The van der Waals surface area contributed by atoms with E-state index in [1.54, 1.807) is 36.4 Å². The van der Waals surface area contributed by atoms with Crippen molar-refractivity contribution in [3.8, 4) is 0 Å². The Balaban J connectivity index is 2.14. The molecule has 2 N–H and O–H groups in total. The van der Waals surface area contributed by atoms with Crippen LogP contribution in [0.15, 0.2) is 64.8 Å². The highest BCUT2D eigenvalue weighted by Crippen LogP contribution is 2.13. The standard InChI is InChI=1S/C20H19BrN2O4/c1-14(24)27-12-11-22-20(26)18(13-15-7-9-17(21)10-8-15)23-19(25)16-5-3-2-4-6-16/h2-10,13H,11-12H2,1H3,(H,22,26)(H,23,25)/b18-13-. The maximum Gasteiger partial charge on any atom is 0.302 e. The van der Waals surface area contributed by atoms with Crippen LogP contribution in [0.3, 0.4) is 0 Å². The molecule has 0 heterocycles. The van der Waals surface area contributed by atoms with Crippen molar-refractivity contribution in [2.75, 3.05) is 13.2 Å². The molecule has 0 spiro atoms. The first-order valence-electron chi connectivity index (χ1n) is 8.21. The molecule has 0 saturated heterocycles. The molecule has 7 heteroatoms. The van der Waals surface area contributed by atoms with Gasteiger partial charge in [-0.05, 0) is 35.9 Å². The first-order chi connectivity index (χ1) is 13.0. The number of halogens is 1. The first-order valence-corrected chi connectivity index (χ1v) is 9.00. The van der Waals surface area contributed by atoms with Crippen LogP contribution in [-0.2, 0) is 14.3 Å². The van der Waals surface area contributed by atoms with Crippen LogP contribution in [-0.4, -0.2) is 30.9 Å². The maximum absolute atomic E-state index is 12.5. The number of rotatable bonds is 7. The second-order valence-electron chi connectivity index (χ2n) is 5.53. The topological polar surface area (TPSA) is 84.5 Å². The minimum absolute atomic E-state index is 0.0548. The molecule has 2 aromatic carbocycles. The summed E-state index contributed by atoms with van der Waals surface area (Å²) in [5, 5.41) is 5.25. The van der Waals surface area contributed by atoms with Crippen molar-refractivity contribution in [2.45, 2.75) is 6.92 Å². The van der Waals surface area contributed by atoms with E-state index in [4.69, 9.17) is 4.74 Å². The van der Waals surface area contributed by atoms with E-state index >= 15 is 0 Å². The molecular formula is C20H19BrN2O4. The summed E-state index contributed by atoms with van der Waals surface area (Å²) in [5.74, 6) is -1.30. The zero-order chi connectivity index (χ0) is 19.6. The van der Waals surface area contributed by atoms with E-state index in [-0.39, 0.29) is 18.8 Å². The van der Waals surface area contributed by atoms with Gasteiger partial charge in [-0.25, -0.2) is 0 Å². The number of carbonyl (C=O) groups is 3. The number of benzene rings is 2. The van der Waals surface area contributed by atoms with Gasteiger partial charge in [0.05, 0.1) is 6.54 Å². The molecule has 0 aliphatic carbocycles. The zero-order valence-corrected chi connectivity index (χ0v) is 16.3. The highest BCUT2D eigenvalue weighted by Gasteiger charge is 2.14. The third kappa shape index (κ3) is 7.07. The van der Waals surface area contributed by atoms with Crippen LogP contribution >= 0.6 is 15.9 Å². The van der Waals surface area contributed by atoms with Gasteiger partial charge in [0.25, 0.3) is 11.8 Å². The van der Waals surface area contributed by atoms with E-state index in [0.717, 1.165) is 10.0 Å². The van der Waals surface area contributed by atoms with E-state index < -0.39 is 17.8 Å². The number of nitrogens with one attached hydrogen (secondary N) is 2. The minimum atomic E-state index is -0.477. The van der Waals surface area contributed by atoms with E-state index in [1.165, 1.54) is 6.92 Å². The fourth-order valence-corrected chi connectivity index (χ4v) is 2.39. The Bertz CT molecular complexity index is 833. The molecule has 0 aliphatic rings. The van der Waals surface area contributed by atoms with Crippen molar-refractivity contribution in [1.29, 1.82) is 0 Å². The maximum atomic E-state index is 12.5. The van der Waals surface area contributed by atoms with Crippen LogP contribution in [0.2, 0.25) is 0 Å². The molecule has 6 nitrogen and oxygen atoms in total. The molecule has 27 heavy (non-hydrogen) atoms. The molecule has 140 valence electrons. The van der Waals surface area contributed by atoms with Gasteiger partial charge in [0.2, 0.25) is 0 Å². The van der Waals surface area contributed by atoms with Gasteiger partial charge in [0.1, 0.15) is 12.3 Å². The van der Waals surface area contributed by atoms with Gasteiger partial charge in [0, 0.05) is 17.0 Å². The van der Waals surface area contributed by atoms with Crippen molar-refractivity contribution < 1.29 is 19.1 Å². The summed E-state index contributed by atoms with van der Waals surface area (Å²) < 4.78 is 5.69. The lowest BCUT2D eigenvalue weighted by Gasteiger charge is -2.11. The molecular weight excluding hydrogens is 412 g/mol. The van der Waals surface area contributed by atoms with Crippen molar-refractivity contribution >= 4 is 39.8 Å². The lowest BCUT2D eigenvalue weighted by molar-refractivity contribution is -0.141. The Morgan fingerprint density at radius 1 is 1.04 bits per heavy atom. The third-order valence-corrected chi connectivity index (χ3v) is 3.93. The van der Waals surface area contributed by atoms with Crippen molar-refractivity contribution in [1.82, 2.24) is 10.6 Å². The van der Waals surface area contributed by atoms with Gasteiger partial charge in [-0.15, -0.1) is 0 Å². The van der Waals surface area contributed by atoms with Gasteiger partial charge >= 0.3 is 5.97 Å². The molecule has 2 aromatic rings. The summed E-state index contributed by atoms with van der Waals surface area (Å²) in [5.41, 5.74) is 1.28. The molecule has 0 fully saturated rings. The molecule has 0 aromatic heterocycles. The summed E-state index contributed by atoms with van der Waals surface area (Å²) in [6.45, 7) is 1.48. The second-order valence-corrected chi connectivity index (χ2v) is 6.44. The van der Waals surface area contributed by atoms with E-state index in [9.17, 15) is 14.4 Å². The number of ether oxygens (including phenoxy) is 1. The van der Waals surface area contributed by atoms with Crippen LogP contribution < -0.4 is 10.6 Å². The molecule has 2 amide bonds. The molecule has 2 rings (SSSR count). The Morgan fingerprint density at radius 2 is 1.70 bits per heavy atom. The second kappa shape index (κ2) is 10.3. The van der Waals surface area contributed by atoms with Gasteiger partial charge in [0.15, 0.2) is 0 Å². The molecule has 0 saturated carbocycles. The lowest BCUT2D eigenvalue weighted by atomic mass is 10.1. The summed E-state index contributed by atoms with van der Waals surface area (Å²) in [7, 11) is 0. The average molecular weight is 431 g/mol. The fourth-order valence-electron chi connectivity index (χ4n) is 2.12. The zero-order valence-electron chi connectivity index (χ0n) is 14.7. The highest BCUT2D eigenvalue weighted by atomic mass is 79.9. The van der Waals surface area contributed by atoms with Crippen LogP contribution in [0.1, 0.15) is 22.8 Å². The van der Waals surface area contributed by atoms with Gasteiger partial charge in [-0.3, -0.25) is 14.4 Å².